The highest BCUT2D eigenvalue weighted by Crippen LogP contribution is 2.34. The number of anilines is 2. The minimum absolute atomic E-state index is 0.447. The van der Waals surface area contributed by atoms with Gasteiger partial charge in [0.15, 0.2) is 5.54 Å². The number of amides is 3. The fourth-order valence-corrected chi connectivity index (χ4v) is 4.00. The zero-order valence-corrected chi connectivity index (χ0v) is 17.8. The molecule has 0 aromatic heterocycles. The second-order valence-electron chi connectivity index (χ2n) is 7.70. The summed E-state index contributed by atoms with van der Waals surface area (Å²) in [5.74, 6) is 0.736. The molecule has 0 radical (unpaired) electrons. The molecule has 0 aliphatic carbocycles. The summed E-state index contributed by atoms with van der Waals surface area (Å²) in [5, 5.41) is 5.82. The average molecular weight is 438 g/mol. The van der Waals surface area contributed by atoms with Crippen molar-refractivity contribution in [2.24, 2.45) is 4.99 Å². The van der Waals surface area contributed by atoms with Gasteiger partial charge in [0.05, 0.1) is 11.4 Å². The van der Waals surface area contributed by atoms with Gasteiger partial charge in [-0.2, -0.15) is 0 Å². The molecule has 0 spiro atoms. The van der Waals surface area contributed by atoms with Crippen LogP contribution < -0.4 is 20.3 Å². The lowest BCUT2D eigenvalue weighted by molar-refractivity contribution is -0.123. The second-order valence-corrected chi connectivity index (χ2v) is 7.70. The first-order chi connectivity index (χ1) is 16.2. The van der Waals surface area contributed by atoms with E-state index in [2.05, 4.69) is 15.6 Å². The average Bonchev–Trinajstić information content (AvgIpc) is 3.36. The summed E-state index contributed by atoms with van der Waals surface area (Å²) in [6, 6.07) is 23.6. The second kappa shape index (κ2) is 8.63. The third-order valence-electron chi connectivity index (χ3n) is 5.61. The van der Waals surface area contributed by atoms with Crippen molar-refractivity contribution in [3.8, 4) is 11.5 Å². The van der Waals surface area contributed by atoms with E-state index in [-0.39, 0.29) is 0 Å². The van der Waals surface area contributed by atoms with Gasteiger partial charge in [0.25, 0.3) is 5.91 Å². The number of aliphatic imine (C=N–C) groups is 1. The molecule has 0 saturated carbocycles. The van der Waals surface area contributed by atoms with Crippen molar-refractivity contribution in [1.29, 1.82) is 0 Å². The van der Waals surface area contributed by atoms with E-state index in [1.54, 1.807) is 41.5 Å². The zero-order chi connectivity index (χ0) is 22.7. The highest BCUT2D eigenvalue weighted by molar-refractivity contribution is 6.09. The predicted octanol–water partition coefficient (Wildman–Crippen LogP) is 4.48. The van der Waals surface area contributed by atoms with Gasteiger partial charge in [-0.1, -0.05) is 42.5 Å². The summed E-state index contributed by atoms with van der Waals surface area (Å²) in [6.45, 7) is 1.04. The van der Waals surface area contributed by atoms with Gasteiger partial charge in [-0.25, -0.2) is 4.79 Å². The minimum Gasteiger partial charge on any atom is -0.457 e. The molecular weight excluding hydrogens is 416 g/mol. The van der Waals surface area contributed by atoms with Crippen LogP contribution in [0.5, 0.6) is 11.5 Å². The Hall–Kier alpha value is -4.39. The first-order valence-corrected chi connectivity index (χ1v) is 10.7. The quantitative estimate of drug-likeness (QED) is 0.629. The van der Waals surface area contributed by atoms with Crippen molar-refractivity contribution in [3.05, 3.63) is 96.6 Å². The monoisotopic (exact) mass is 438 g/mol. The number of para-hydroxylation sites is 3. The van der Waals surface area contributed by atoms with Crippen LogP contribution in [0.4, 0.5) is 16.2 Å². The third-order valence-corrected chi connectivity index (χ3v) is 5.61. The Morgan fingerprint density at radius 2 is 1.76 bits per heavy atom. The van der Waals surface area contributed by atoms with Crippen LogP contribution in [0, 0.1) is 0 Å². The minimum atomic E-state index is -1.35. The molecule has 3 aromatic rings. The van der Waals surface area contributed by atoms with Gasteiger partial charge in [0.1, 0.15) is 11.5 Å². The normalized spacial score (nSPS) is 18.4. The maximum atomic E-state index is 13.4. The summed E-state index contributed by atoms with van der Waals surface area (Å²) < 4.78 is 5.93. The molecule has 0 saturated heterocycles. The van der Waals surface area contributed by atoms with Crippen LogP contribution in [-0.4, -0.2) is 31.2 Å². The molecule has 2 heterocycles. The summed E-state index contributed by atoms with van der Waals surface area (Å²) >= 11 is 0. The fraction of sp³-hybridized carbons (Fsp3) is 0.115. The smallest absolute Gasteiger partial charge is 0.328 e. The number of hydrogen-bond acceptors (Lipinski definition) is 5. The number of carbonyl (C=O) groups is 2. The third kappa shape index (κ3) is 3.96. The Kier molecular flexibility index (Phi) is 5.36. The van der Waals surface area contributed by atoms with Gasteiger partial charge in [0, 0.05) is 19.3 Å². The Labute approximate surface area is 191 Å². The first-order valence-electron chi connectivity index (χ1n) is 10.7. The molecule has 0 fully saturated rings. The van der Waals surface area contributed by atoms with Gasteiger partial charge in [-0.05, 0) is 54.1 Å². The molecule has 2 N–H and O–H groups in total. The Bertz CT molecular complexity index is 1240. The molecule has 164 valence electrons. The summed E-state index contributed by atoms with van der Waals surface area (Å²) in [7, 11) is 0. The molecule has 2 aliphatic heterocycles. The van der Waals surface area contributed by atoms with Gasteiger partial charge in [-0.3, -0.25) is 20.0 Å². The molecule has 5 rings (SSSR count). The first kappa shape index (κ1) is 20.5. The van der Waals surface area contributed by atoms with E-state index in [9.17, 15) is 9.59 Å². The predicted molar refractivity (Wildman–Crippen MR) is 128 cm³/mol. The largest absolute Gasteiger partial charge is 0.457 e. The summed E-state index contributed by atoms with van der Waals surface area (Å²) in [4.78, 5) is 32.5. The van der Waals surface area contributed by atoms with E-state index in [0.717, 1.165) is 11.4 Å². The van der Waals surface area contributed by atoms with Crippen LogP contribution in [0.1, 0.15) is 5.56 Å². The van der Waals surface area contributed by atoms with Crippen molar-refractivity contribution in [1.82, 2.24) is 5.32 Å². The highest BCUT2D eigenvalue weighted by Gasteiger charge is 2.41. The van der Waals surface area contributed by atoms with Crippen molar-refractivity contribution >= 4 is 29.5 Å². The van der Waals surface area contributed by atoms with Crippen LogP contribution in [0.2, 0.25) is 0 Å². The number of hydrogen-bond donors (Lipinski definition) is 2. The Morgan fingerprint density at radius 3 is 2.58 bits per heavy atom. The lowest BCUT2D eigenvalue weighted by Gasteiger charge is -2.31. The van der Waals surface area contributed by atoms with Crippen LogP contribution in [0.15, 0.2) is 96.0 Å². The van der Waals surface area contributed by atoms with E-state index >= 15 is 0 Å². The van der Waals surface area contributed by atoms with E-state index in [1.807, 2.05) is 60.7 Å². The van der Waals surface area contributed by atoms with Gasteiger partial charge in [-0.15, -0.1) is 0 Å². The Balaban J connectivity index is 1.40. The standard InChI is InChI=1S/C26H22N4O3/c31-24(29-25(32)30-17-16-27-22-12-4-5-13-23(22)30)26(14-7-15-28-26)19-8-6-11-21(18-19)33-20-9-2-1-3-10-20/h1-15,18,27H,16-17H2,(H,29,31,32). The number of urea groups is 1. The number of nitrogens with one attached hydrogen (secondary N) is 2. The van der Waals surface area contributed by atoms with Crippen molar-refractivity contribution in [2.45, 2.75) is 5.54 Å². The molecule has 2 aliphatic rings. The molecule has 3 aromatic carbocycles. The van der Waals surface area contributed by atoms with Gasteiger partial charge < -0.3 is 10.1 Å². The highest BCUT2D eigenvalue weighted by atomic mass is 16.5. The Morgan fingerprint density at radius 1 is 0.970 bits per heavy atom. The molecule has 1 atom stereocenters. The molecule has 0 bridgehead atoms. The van der Waals surface area contributed by atoms with E-state index in [0.29, 0.717) is 30.2 Å². The topological polar surface area (TPSA) is 83.0 Å². The van der Waals surface area contributed by atoms with Gasteiger partial charge in [0.2, 0.25) is 0 Å². The summed E-state index contributed by atoms with van der Waals surface area (Å²) in [5.41, 5.74) is 0.837. The van der Waals surface area contributed by atoms with Crippen molar-refractivity contribution in [3.63, 3.8) is 0 Å². The van der Waals surface area contributed by atoms with Crippen LogP contribution in [-0.2, 0) is 10.3 Å². The molecule has 1 unspecified atom stereocenters. The van der Waals surface area contributed by atoms with Gasteiger partial charge >= 0.3 is 6.03 Å². The van der Waals surface area contributed by atoms with Crippen molar-refractivity contribution in [2.75, 3.05) is 23.3 Å². The number of rotatable bonds is 4. The SMILES string of the molecule is O=C(NC(=O)C1(c2cccc(Oc3ccccc3)c2)C=CC=N1)N1CCNc2ccccc21. The maximum absolute atomic E-state index is 13.4. The van der Waals surface area contributed by atoms with Crippen LogP contribution >= 0.6 is 0 Å². The summed E-state index contributed by atoms with van der Waals surface area (Å²) in [6.07, 6.45) is 4.95. The number of fused-ring (bicyclic) bond motifs is 1. The van der Waals surface area contributed by atoms with E-state index < -0.39 is 17.5 Å². The van der Waals surface area contributed by atoms with E-state index in [1.165, 1.54) is 0 Å². The molecule has 7 heteroatoms. The lowest BCUT2D eigenvalue weighted by atomic mass is 9.90. The van der Waals surface area contributed by atoms with E-state index in [4.69, 9.17) is 4.74 Å². The molecule has 33 heavy (non-hydrogen) atoms. The molecular formula is C26H22N4O3. The number of ether oxygens (including phenoxy) is 1. The molecule has 7 nitrogen and oxygen atoms in total. The van der Waals surface area contributed by atoms with Crippen LogP contribution in [0.3, 0.4) is 0 Å². The fourth-order valence-electron chi connectivity index (χ4n) is 4.00. The number of nitrogens with zero attached hydrogens (tertiary/aromatic N) is 2. The number of carbonyl (C=O) groups excluding carboxylic acids is 2. The lowest BCUT2D eigenvalue weighted by Crippen LogP contribution is -2.51. The van der Waals surface area contributed by atoms with Crippen molar-refractivity contribution < 1.29 is 14.3 Å². The number of benzene rings is 3. The van der Waals surface area contributed by atoms with Crippen LogP contribution in [0.25, 0.3) is 0 Å². The molecule has 3 amide bonds. The number of imide groups is 1. The number of allylic oxidation sites excluding steroid dienone is 1. The zero-order valence-electron chi connectivity index (χ0n) is 17.8. The maximum Gasteiger partial charge on any atom is 0.328 e.